The summed E-state index contributed by atoms with van der Waals surface area (Å²) >= 11 is 6.21. The molecule has 0 bridgehead atoms. The summed E-state index contributed by atoms with van der Waals surface area (Å²) in [4.78, 5) is 37.3. The summed E-state index contributed by atoms with van der Waals surface area (Å²) in [5, 5.41) is 7.14. The van der Waals surface area contributed by atoms with Crippen molar-refractivity contribution in [2.45, 2.75) is 20.0 Å². The molecule has 3 rings (SSSR count). The Kier molecular flexibility index (Phi) is 6.71. The van der Waals surface area contributed by atoms with Gasteiger partial charge in [-0.2, -0.15) is 5.10 Å². The number of carbonyl (C=O) groups is 2. The number of amides is 1. The molecule has 0 radical (unpaired) electrons. The van der Waals surface area contributed by atoms with Crippen molar-refractivity contribution in [2.24, 2.45) is 0 Å². The van der Waals surface area contributed by atoms with E-state index < -0.39 is 29.1 Å². The zero-order valence-corrected chi connectivity index (χ0v) is 17.8. The lowest BCUT2D eigenvalue weighted by molar-refractivity contribution is -0.123. The van der Waals surface area contributed by atoms with Gasteiger partial charge in [-0.1, -0.05) is 23.7 Å². The Balaban J connectivity index is 1.77. The number of aryl methyl sites for hydroxylation is 1. The van der Waals surface area contributed by atoms with E-state index in [0.717, 1.165) is 0 Å². The highest BCUT2D eigenvalue weighted by molar-refractivity contribution is 6.32. The fourth-order valence-electron chi connectivity index (χ4n) is 2.74. The first-order valence-corrected chi connectivity index (χ1v) is 9.69. The molecule has 0 unspecified atom stereocenters. The molecule has 1 N–H and O–H groups in total. The van der Waals surface area contributed by atoms with E-state index in [1.807, 2.05) is 0 Å². The summed E-state index contributed by atoms with van der Waals surface area (Å²) in [7, 11) is 1.54. The number of methoxy groups -OCH3 is 1. The van der Waals surface area contributed by atoms with Gasteiger partial charge in [0.1, 0.15) is 5.75 Å². The zero-order chi connectivity index (χ0) is 22.5. The Morgan fingerprint density at radius 3 is 2.45 bits per heavy atom. The molecule has 0 aliphatic carbocycles. The number of carbonyl (C=O) groups excluding carboxylic acids is 2. The second-order valence-electron chi connectivity index (χ2n) is 6.63. The number of aromatic nitrogens is 2. The van der Waals surface area contributed by atoms with Crippen LogP contribution in [-0.4, -0.2) is 34.9 Å². The van der Waals surface area contributed by atoms with Gasteiger partial charge in [0.05, 0.1) is 17.8 Å². The molecule has 0 saturated carbocycles. The van der Waals surface area contributed by atoms with Crippen LogP contribution in [0.2, 0.25) is 5.02 Å². The van der Waals surface area contributed by atoms with Crippen LogP contribution in [0.3, 0.4) is 0 Å². The van der Waals surface area contributed by atoms with Gasteiger partial charge in [0.2, 0.25) is 11.1 Å². The van der Waals surface area contributed by atoms with Crippen LogP contribution in [0, 0.1) is 6.92 Å². The smallest absolute Gasteiger partial charge is 0.363 e. The Labute approximate surface area is 183 Å². The average Bonchev–Trinajstić information content (AvgIpc) is 2.75. The lowest BCUT2D eigenvalue weighted by atomic mass is 10.2. The van der Waals surface area contributed by atoms with Crippen LogP contribution in [0.5, 0.6) is 5.75 Å². The number of halogens is 1. The lowest BCUT2D eigenvalue weighted by Crippen LogP contribution is -2.32. The first-order valence-electron chi connectivity index (χ1n) is 9.32. The van der Waals surface area contributed by atoms with Crippen LogP contribution in [-0.2, 0) is 9.53 Å². The van der Waals surface area contributed by atoms with Gasteiger partial charge >= 0.3 is 5.97 Å². The third-order valence-electron chi connectivity index (χ3n) is 4.39. The van der Waals surface area contributed by atoms with Gasteiger partial charge in [-0.25, -0.2) is 9.48 Å². The van der Waals surface area contributed by atoms with Crippen LogP contribution in [0.1, 0.15) is 23.1 Å². The normalized spacial score (nSPS) is 11.5. The highest BCUT2D eigenvalue weighted by Gasteiger charge is 2.23. The minimum Gasteiger partial charge on any atom is -0.497 e. The number of anilines is 1. The number of nitrogens with zero attached hydrogens (tertiary/aromatic N) is 2. The van der Waals surface area contributed by atoms with Gasteiger partial charge in [-0.15, -0.1) is 0 Å². The van der Waals surface area contributed by atoms with Crippen molar-refractivity contribution in [3.63, 3.8) is 0 Å². The van der Waals surface area contributed by atoms with E-state index in [1.165, 1.54) is 24.8 Å². The van der Waals surface area contributed by atoms with E-state index in [4.69, 9.17) is 21.1 Å². The van der Waals surface area contributed by atoms with E-state index in [2.05, 4.69) is 10.4 Å². The Hall–Kier alpha value is -3.65. The standard InChI is InChI=1S/C22H20ClN3O5/c1-13-12-19(27)20(25-26(13)18-7-5-4-6-17(18)23)22(29)31-14(2)21(28)24-15-8-10-16(30-3)11-9-15/h4-12,14H,1-3H3,(H,24,28)/t14-/m0/s1. The summed E-state index contributed by atoms with van der Waals surface area (Å²) in [6, 6.07) is 14.8. The molecule has 2 aromatic carbocycles. The van der Waals surface area contributed by atoms with Crippen molar-refractivity contribution >= 4 is 29.2 Å². The highest BCUT2D eigenvalue weighted by Crippen LogP contribution is 2.20. The summed E-state index contributed by atoms with van der Waals surface area (Å²) in [5.74, 6) is -0.932. The van der Waals surface area contributed by atoms with Crippen molar-refractivity contribution in [3.05, 3.63) is 81.2 Å². The van der Waals surface area contributed by atoms with Crippen molar-refractivity contribution < 1.29 is 19.1 Å². The maximum Gasteiger partial charge on any atom is 0.363 e. The molecule has 1 atom stereocenters. The van der Waals surface area contributed by atoms with Gasteiger partial charge in [0.25, 0.3) is 5.91 Å². The van der Waals surface area contributed by atoms with Gasteiger partial charge in [-0.05, 0) is 50.2 Å². The number of esters is 1. The third kappa shape index (κ3) is 5.10. The van der Waals surface area contributed by atoms with E-state index >= 15 is 0 Å². The van der Waals surface area contributed by atoms with Crippen molar-refractivity contribution in [1.82, 2.24) is 9.78 Å². The largest absolute Gasteiger partial charge is 0.497 e. The fourth-order valence-corrected chi connectivity index (χ4v) is 2.96. The minimum absolute atomic E-state index is 0.397. The highest BCUT2D eigenvalue weighted by atomic mass is 35.5. The average molecular weight is 442 g/mol. The molecule has 8 nitrogen and oxygen atoms in total. The van der Waals surface area contributed by atoms with Crippen LogP contribution < -0.4 is 15.5 Å². The molecule has 0 fully saturated rings. The molecule has 160 valence electrons. The van der Waals surface area contributed by atoms with Crippen molar-refractivity contribution in [2.75, 3.05) is 12.4 Å². The van der Waals surface area contributed by atoms with Crippen LogP contribution >= 0.6 is 11.6 Å². The van der Waals surface area contributed by atoms with E-state index in [1.54, 1.807) is 55.5 Å². The molecular weight excluding hydrogens is 422 g/mol. The Morgan fingerprint density at radius 1 is 1.13 bits per heavy atom. The zero-order valence-electron chi connectivity index (χ0n) is 17.1. The summed E-state index contributed by atoms with van der Waals surface area (Å²) in [5.41, 5.74) is 0.423. The maximum atomic E-state index is 12.6. The number of rotatable bonds is 6. The Bertz CT molecular complexity index is 1170. The Morgan fingerprint density at radius 2 is 1.81 bits per heavy atom. The number of benzene rings is 2. The molecule has 1 aromatic heterocycles. The first-order chi connectivity index (χ1) is 14.8. The molecule has 31 heavy (non-hydrogen) atoms. The second kappa shape index (κ2) is 9.44. The number of hydrogen-bond acceptors (Lipinski definition) is 6. The number of para-hydroxylation sites is 1. The van der Waals surface area contributed by atoms with E-state index in [9.17, 15) is 14.4 Å². The molecule has 0 spiro atoms. The molecule has 0 aliphatic rings. The summed E-state index contributed by atoms with van der Waals surface area (Å²) < 4.78 is 11.6. The maximum absolute atomic E-state index is 12.6. The molecule has 9 heteroatoms. The molecular formula is C22H20ClN3O5. The molecule has 1 amide bonds. The predicted molar refractivity (Wildman–Crippen MR) is 116 cm³/mol. The minimum atomic E-state index is -1.16. The topological polar surface area (TPSA) is 99.5 Å². The molecule has 0 aliphatic heterocycles. The lowest BCUT2D eigenvalue weighted by Gasteiger charge is -2.15. The first kappa shape index (κ1) is 22.0. The SMILES string of the molecule is COc1ccc(NC(=O)[C@H](C)OC(=O)c2nn(-c3ccccc3Cl)c(C)cc2=O)cc1. The van der Waals surface area contributed by atoms with E-state index in [0.29, 0.717) is 27.8 Å². The van der Waals surface area contributed by atoms with Gasteiger partial charge < -0.3 is 14.8 Å². The van der Waals surface area contributed by atoms with Crippen LogP contribution in [0.4, 0.5) is 5.69 Å². The van der Waals surface area contributed by atoms with E-state index in [-0.39, 0.29) is 0 Å². The van der Waals surface area contributed by atoms with Crippen molar-refractivity contribution in [1.29, 1.82) is 0 Å². The quantitative estimate of drug-likeness (QED) is 0.588. The predicted octanol–water partition coefficient (Wildman–Crippen LogP) is 3.39. The van der Waals surface area contributed by atoms with Gasteiger partial charge in [0.15, 0.2) is 6.10 Å². The monoisotopic (exact) mass is 441 g/mol. The van der Waals surface area contributed by atoms with Gasteiger partial charge in [-0.3, -0.25) is 9.59 Å². The summed E-state index contributed by atoms with van der Waals surface area (Å²) in [6.45, 7) is 3.06. The number of hydrogen-bond donors (Lipinski definition) is 1. The number of nitrogens with one attached hydrogen (secondary N) is 1. The fraction of sp³-hybridized carbons (Fsp3) is 0.182. The molecule has 3 aromatic rings. The third-order valence-corrected chi connectivity index (χ3v) is 4.71. The number of ether oxygens (including phenoxy) is 2. The van der Waals surface area contributed by atoms with Crippen LogP contribution in [0.25, 0.3) is 5.69 Å². The molecule has 1 heterocycles. The van der Waals surface area contributed by atoms with Crippen molar-refractivity contribution in [3.8, 4) is 11.4 Å². The van der Waals surface area contributed by atoms with Crippen LogP contribution in [0.15, 0.2) is 59.4 Å². The summed E-state index contributed by atoms with van der Waals surface area (Å²) in [6.07, 6.45) is -1.16. The second-order valence-corrected chi connectivity index (χ2v) is 7.03. The molecule has 0 saturated heterocycles. The van der Waals surface area contributed by atoms with Gasteiger partial charge in [0, 0.05) is 17.4 Å².